The Morgan fingerprint density at radius 2 is 1.25 bits per heavy atom. The zero-order chi connectivity index (χ0) is 7.00. The van der Waals surface area contributed by atoms with E-state index in [2.05, 4.69) is 0 Å². The summed E-state index contributed by atoms with van der Waals surface area (Å²) < 4.78 is -1.24. The molecule has 0 fully saturated rings. The predicted octanol–water partition coefficient (Wildman–Crippen LogP) is 3.34. The molecular formula is C3H6Cl4Si. The van der Waals surface area contributed by atoms with Crippen LogP contribution in [0.15, 0.2) is 0 Å². The Kier molecular flexibility index (Phi) is 2.99. The van der Waals surface area contributed by atoms with E-state index in [0.29, 0.717) is 0 Å². The second-order valence-corrected chi connectivity index (χ2v) is 11.7. The second kappa shape index (κ2) is 2.55. The molecule has 8 heavy (non-hydrogen) atoms. The van der Waals surface area contributed by atoms with Crippen molar-refractivity contribution in [3.05, 3.63) is 0 Å². The van der Waals surface area contributed by atoms with Crippen molar-refractivity contribution in [3.8, 4) is 0 Å². The fourth-order valence-corrected chi connectivity index (χ4v) is 0. The van der Waals surface area contributed by atoms with Crippen molar-refractivity contribution < 1.29 is 0 Å². The quantitative estimate of drug-likeness (QED) is 0.328. The molecule has 0 aliphatic carbocycles. The SMILES string of the molecule is C[Si](C)(Cl)C(Cl)(Cl)Cl. The van der Waals surface area contributed by atoms with Gasteiger partial charge in [0, 0.05) is 0 Å². The summed E-state index contributed by atoms with van der Waals surface area (Å²) in [6.45, 7) is 3.56. The molecule has 0 saturated heterocycles. The molecule has 0 bridgehead atoms. The molecule has 0 nitrogen and oxygen atoms in total. The van der Waals surface area contributed by atoms with Gasteiger partial charge < -0.3 is 0 Å². The monoisotopic (exact) mass is 210 g/mol. The Balaban J connectivity index is 4.02. The Hall–Kier alpha value is 1.38. The molecule has 0 aromatic carbocycles. The second-order valence-electron chi connectivity index (χ2n) is 1.97. The zero-order valence-electron chi connectivity index (χ0n) is 4.51. The maximum absolute atomic E-state index is 5.75. The van der Waals surface area contributed by atoms with Gasteiger partial charge in [-0.1, -0.05) is 47.9 Å². The largest absolute Gasteiger partial charge is 0.208 e. The number of halogens is 4. The first-order valence-electron chi connectivity index (χ1n) is 2.01. The van der Waals surface area contributed by atoms with Crippen LogP contribution in [-0.2, 0) is 0 Å². The summed E-state index contributed by atoms with van der Waals surface area (Å²) in [7, 11) is -2.09. The predicted molar refractivity (Wildman–Crippen MR) is 43.6 cm³/mol. The summed E-state index contributed by atoms with van der Waals surface area (Å²) in [6, 6.07) is 0. The highest BCUT2D eigenvalue weighted by molar-refractivity contribution is 7.29. The summed E-state index contributed by atoms with van der Waals surface area (Å²) in [6.07, 6.45) is 0. The van der Waals surface area contributed by atoms with E-state index in [9.17, 15) is 0 Å². The topological polar surface area (TPSA) is 0 Å². The number of hydrogen-bond donors (Lipinski definition) is 0. The van der Waals surface area contributed by atoms with E-state index in [4.69, 9.17) is 45.9 Å². The Bertz CT molecular complexity index is 66.3. The molecule has 0 aliphatic heterocycles. The summed E-state index contributed by atoms with van der Waals surface area (Å²) in [5.74, 6) is 0. The lowest BCUT2D eigenvalue weighted by molar-refractivity contribution is 1.57. The van der Waals surface area contributed by atoms with E-state index < -0.39 is 10.8 Å². The first kappa shape index (κ1) is 9.38. The molecular weight excluding hydrogens is 206 g/mol. The van der Waals surface area contributed by atoms with Crippen LogP contribution < -0.4 is 0 Å². The van der Waals surface area contributed by atoms with E-state index in [1.54, 1.807) is 13.1 Å². The maximum Gasteiger partial charge on any atom is 0.208 e. The highest BCUT2D eigenvalue weighted by Gasteiger charge is 2.41. The first-order chi connectivity index (χ1) is 3.25. The summed E-state index contributed by atoms with van der Waals surface area (Å²) in [4.78, 5) is 0. The van der Waals surface area contributed by atoms with Gasteiger partial charge in [0.15, 0.2) is 3.42 Å². The van der Waals surface area contributed by atoms with Crippen LogP contribution in [0.1, 0.15) is 0 Å². The summed E-state index contributed by atoms with van der Waals surface area (Å²) in [5, 5.41) is 0. The van der Waals surface area contributed by atoms with Crippen LogP contribution in [0.5, 0.6) is 0 Å². The number of hydrogen-bond acceptors (Lipinski definition) is 0. The van der Waals surface area contributed by atoms with Gasteiger partial charge in [-0.05, 0) is 0 Å². The van der Waals surface area contributed by atoms with Crippen molar-refractivity contribution in [1.29, 1.82) is 0 Å². The zero-order valence-corrected chi connectivity index (χ0v) is 8.54. The minimum Gasteiger partial charge on any atom is -0.162 e. The van der Waals surface area contributed by atoms with Crippen molar-refractivity contribution in [1.82, 2.24) is 0 Å². The van der Waals surface area contributed by atoms with E-state index in [-0.39, 0.29) is 0 Å². The molecule has 0 aliphatic rings. The molecule has 50 valence electrons. The average Bonchev–Trinajstić information content (AvgIpc) is 1.25. The molecule has 0 aromatic heterocycles. The van der Waals surface area contributed by atoms with Crippen LogP contribution in [0.3, 0.4) is 0 Å². The normalized spacial score (nSPS) is 14.2. The molecule has 0 spiro atoms. The van der Waals surface area contributed by atoms with Crippen LogP contribution >= 0.6 is 45.9 Å². The Morgan fingerprint density at radius 1 is 1.12 bits per heavy atom. The maximum atomic E-state index is 5.75. The fourth-order valence-electron chi connectivity index (χ4n) is 0. The van der Waals surface area contributed by atoms with Gasteiger partial charge >= 0.3 is 0 Å². The molecule has 0 rings (SSSR count). The molecule has 0 radical (unpaired) electrons. The van der Waals surface area contributed by atoms with Gasteiger partial charge in [-0.2, -0.15) is 11.1 Å². The smallest absolute Gasteiger partial charge is 0.162 e. The number of rotatable bonds is 0. The van der Waals surface area contributed by atoms with Crippen molar-refractivity contribution in [2.75, 3.05) is 0 Å². The third-order valence-electron chi connectivity index (χ3n) is 0.674. The lowest BCUT2D eigenvalue weighted by atomic mass is 11.8. The number of alkyl halides is 3. The molecule has 0 N–H and O–H groups in total. The minimum atomic E-state index is -2.09. The van der Waals surface area contributed by atoms with Gasteiger partial charge in [0.05, 0.1) is 0 Å². The average molecular weight is 212 g/mol. The van der Waals surface area contributed by atoms with Crippen LogP contribution in [0.2, 0.25) is 13.1 Å². The van der Waals surface area contributed by atoms with Gasteiger partial charge in [0.1, 0.15) is 0 Å². The molecule has 0 unspecified atom stereocenters. The van der Waals surface area contributed by atoms with Gasteiger partial charge in [0.25, 0.3) is 0 Å². The van der Waals surface area contributed by atoms with Crippen molar-refractivity contribution in [3.63, 3.8) is 0 Å². The van der Waals surface area contributed by atoms with Gasteiger partial charge in [-0.25, -0.2) is 0 Å². The molecule has 0 amide bonds. The van der Waals surface area contributed by atoms with Crippen molar-refractivity contribution in [2.24, 2.45) is 0 Å². The van der Waals surface area contributed by atoms with Gasteiger partial charge in [-0.3, -0.25) is 0 Å². The third kappa shape index (κ3) is 2.79. The van der Waals surface area contributed by atoms with E-state index >= 15 is 0 Å². The van der Waals surface area contributed by atoms with Gasteiger partial charge in [0.2, 0.25) is 7.38 Å². The molecule has 0 atom stereocenters. The van der Waals surface area contributed by atoms with E-state index in [1.165, 1.54) is 0 Å². The fraction of sp³-hybridized carbons (Fsp3) is 1.00. The summed E-state index contributed by atoms with van der Waals surface area (Å²) in [5.41, 5.74) is 0. The highest BCUT2D eigenvalue weighted by atomic mass is 35.6. The standard InChI is InChI=1S/C3H6Cl4Si/c1-8(2,7)3(4,5)6/h1-2H3. The minimum absolute atomic E-state index is 1.24. The first-order valence-corrected chi connectivity index (χ1v) is 7.15. The van der Waals surface area contributed by atoms with Crippen LogP contribution in [0.25, 0.3) is 0 Å². The van der Waals surface area contributed by atoms with Gasteiger partial charge in [-0.15, -0.1) is 0 Å². The van der Waals surface area contributed by atoms with E-state index in [1.807, 2.05) is 0 Å². The van der Waals surface area contributed by atoms with Crippen LogP contribution in [0.4, 0.5) is 0 Å². The van der Waals surface area contributed by atoms with Crippen molar-refractivity contribution in [2.45, 2.75) is 16.5 Å². The molecule has 0 heterocycles. The van der Waals surface area contributed by atoms with Crippen LogP contribution in [-0.4, -0.2) is 10.8 Å². The molecule has 0 aromatic rings. The Morgan fingerprint density at radius 3 is 1.25 bits per heavy atom. The Labute approximate surface area is 69.8 Å². The highest BCUT2D eigenvalue weighted by Crippen LogP contribution is 2.38. The van der Waals surface area contributed by atoms with Crippen LogP contribution in [0, 0.1) is 0 Å². The third-order valence-corrected chi connectivity index (χ3v) is 8.00. The lowest BCUT2D eigenvalue weighted by Gasteiger charge is -2.21. The lowest BCUT2D eigenvalue weighted by Crippen LogP contribution is -2.35. The van der Waals surface area contributed by atoms with E-state index in [0.717, 1.165) is 0 Å². The molecule has 5 heteroatoms. The molecule has 0 saturated carbocycles. The van der Waals surface area contributed by atoms with Crippen molar-refractivity contribution >= 4 is 53.3 Å². The summed E-state index contributed by atoms with van der Waals surface area (Å²) >= 11 is 22.2.